The summed E-state index contributed by atoms with van der Waals surface area (Å²) in [5.41, 5.74) is 2.39. The van der Waals surface area contributed by atoms with Gasteiger partial charge in [-0.15, -0.1) is 0 Å². The number of ether oxygens (including phenoxy) is 1. The van der Waals surface area contributed by atoms with Crippen molar-refractivity contribution >= 4 is 34.8 Å². The largest absolute Gasteiger partial charge is 0.494 e. The first-order chi connectivity index (χ1) is 13.0. The maximum absolute atomic E-state index is 12.5. The summed E-state index contributed by atoms with van der Waals surface area (Å²) in [4.78, 5) is 21.1. The zero-order valence-corrected chi connectivity index (χ0v) is 15.7. The Morgan fingerprint density at radius 1 is 1.04 bits per heavy atom. The van der Waals surface area contributed by atoms with Gasteiger partial charge in [0.25, 0.3) is 5.91 Å². The molecular weight excluding hydrogens is 364 g/mol. The quantitative estimate of drug-likeness (QED) is 0.638. The Hall–Kier alpha value is -3.12. The van der Waals surface area contributed by atoms with Crippen LogP contribution in [0, 0.1) is 6.92 Å². The molecule has 0 saturated heterocycles. The second-order valence-corrected chi connectivity index (χ2v) is 6.20. The van der Waals surface area contributed by atoms with Crippen molar-refractivity contribution in [3.8, 4) is 5.75 Å². The second kappa shape index (κ2) is 8.51. The third kappa shape index (κ3) is 5.18. The molecular formula is C20H19ClN4O2. The van der Waals surface area contributed by atoms with E-state index in [4.69, 9.17) is 16.3 Å². The third-order valence-corrected chi connectivity index (χ3v) is 3.86. The van der Waals surface area contributed by atoms with Gasteiger partial charge >= 0.3 is 0 Å². The molecule has 2 N–H and O–H groups in total. The molecule has 0 fully saturated rings. The first kappa shape index (κ1) is 18.7. The highest BCUT2D eigenvalue weighted by Gasteiger charge is 2.11. The molecule has 1 amide bonds. The maximum Gasteiger partial charge on any atom is 0.274 e. The van der Waals surface area contributed by atoms with E-state index >= 15 is 0 Å². The van der Waals surface area contributed by atoms with Crippen LogP contribution < -0.4 is 15.4 Å². The van der Waals surface area contributed by atoms with Gasteiger partial charge < -0.3 is 15.4 Å². The summed E-state index contributed by atoms with van der Waals surface area (Å²) in [5.74, 6) is 0.814. The van der Waals surface area contributed by atoms with Gasteiger partial charge in [-0.1, -0.05) is 11.6 Å². The van der Waals surface area contributed by atoms with Crippen LogP contribution in [-0.2, 0) is 0 Å². The number of benzene rings is 2. The Kier molecular flexibility index (Phi) is 5.88. The molecule has 0 saturated carbocycles. The number of amides is 1. The van der Waals surface area contributed by atoms with E-state index in [0.29, 0.717) is 29.0 Å². The number of carbonyl (C=O) groups is 1. The number of anilines is 3. The van der Waals surface area contributed by atoms with Crippen LogP contribution in [0.2, 0.25) is 5.02 Å². The van der Waals surface area contributed by atoms with Crippen molar-refractivity contribution in [3.05, 3.63) is 71.0 Å². The summed E-state index contributed by atoms with van der Waals surface area (Å²) in [5, 5.41) is 6.50. The number of nitrogens with one attached hydrogen (secondary N) is 2. The SMILES string of the molecule is CCOc1ccc(Nc2nc(C)cc(C(=O)Nc3ccc(Cl)cc3)n2)cc1. The second-order valence-electron chi connectivity index (χ2n) is 5.76. The monoisotopic (exact) mass is 382 g/mol. The molecule has 1 heterocycles. The third-order valence-electron chi connectivity index (χ3n) is 3.61. The number of aromatic nitrogens is 2. The molecule has 2 aromatic carbocycles. The molecule has 0 aliphatic rings. The van der Waals surface area contributed by atoms with Gasteiger partial charge in [-0.2, -0.15) is 0 Å². The predicted molar refractivity (Wildman–Crippen MR) is 107 cm³/mol. The van der Waals surface area contributed by atoms with Gasteiger partial charge in [0.05, 0.1) is 6.61 Å². The molecule has 0 atom stereocenters. The molecule has 0 bridgehead atoms. The van der Waals surface area contributed by atoms with Crippen molar-refractivity contribution in [3.63, 3.8) is 0 Å². The minimum atomic E-state index is -0.322. The van der Waals surface area contributed by atoms with Crippen molar-refractivity contribution in [1.82, 2.24) is 9.97 Å². The van der Waals surface area contributed by atoms with Crippen molar-refractivity contribution in [2.75, 3.05) is 17.2 Å². The van der Waals surface area contributed by atoms with Gasteiger partial charge in [0.15, 0.2) is 0 Å². The van der Waals surface area contributed by atoms with Crippen LogP contribution in [0.15, 0.2) is 54.6 Å². The Morgan fingerprint density at radius 2 is 1.70 bits per heavy atom. The number of carbonyl (C=O) groups excluding carboxylic acids is 1. The van der Waals surface area contributed by atoms with Gasteiger partial charge in [-0.3, -0.25) is 4.79 Å². The smallest absolute Gasteiger partial charge is 0.274 e. The summed E-state index contributed by atoms with van der Waals surface area (Å²) in [6, 6.07) is 16.0. The molecule has 0 radical (unpaired) electrons. The summed E-state index contributed by atoms with van der Waals surface area (Å²) >= 11 is 5.86. The Morgan fingerprint density at radius 3 is 2.37 bits per heavy atom. The lowest BCUT2D eigenvalue weighted by molar-refractivity contribution is 0.102. The molecule has 7 heteroatoms. The lowest BCUT2D eigenvalue weighted by Gasteiger charge is -2.10. The van der Waals surface area contributed by atoms with Crippen LogP contribution in [0.25, 0.3) is 0 Å². The zero-order valence-electron chi connectivity index (χ0n) is 15.0. The number of hydrogen-bond acceptors (Lipinski definition) is 5. The molecule has 27 heavy (non-hydrogen) atoms. The average molecular weight is 383 g/mol. The van der Waals surface area contributed by atoms with E-state index in [1.54, 1.807) is 30.3 Å². The van der Waals surface area contributed by atoms with Crippen molar-refractivity contribution in [1.29, 1.82) is 0 Å². The van der Waals surface area contributed by atoms with E-state index < -0.39 is 0 Å². The fraction of sp³-hybridized carbons (Fsp3) is 0.150. The van der Waals surface area contributed by atoms with E-state index in [2.05, 4.69) is 20.6 Å². The Bertz CT molecular complexity index is 928. The molecule has 6 nitrogen and oxygen atoms in total. The highest BCUT2D eigenvalue weighted by molar-refractivity contribution is 6.30. The number of rotatable bonds is 6. The molecule has 3 aromatic rings. The van der Waals surface area contributed by atoms with Crippen LogP contribution in [0.1, 0.15) is 23.1 Å². The highest BCUT2D eigenvalue weighted by atomic mass is 35.5. The summed E-state index contributed by atoms with van der Waals surface area (Å²) in [6.45, 7) is 4.35. The van der Waals surface area contributed by atoms with Gasteiger partial charge in [0, 0.05) is 22.1 Å². The fourth-order valence-electron chi connectivity index (χ4n) is 2.40. The molecule has 0 aliphatic heterocycles. The van der Waals surface area contributed by atoms with Gasteiger partial charge in [0.2, 0.25) is 5.95 Å². The fourth-order valence-corrected chi connectivity index (χ4v) is 2.53. The minimum absolute atomic E-state index is 0.269. The predicted octanol–water partition coefficient (Wildman–Crippen LogP) is 4.83. The van der Waals surface area contributed by atoms with Crippen LogP contribution in [0.5, 0.6) is 5.75 Å². The van der Waals surface area contributed by atoms with Crippen molar-refractivity contribution in [2.24, 2.45) is 0 Å². The number of aryl methyl sites for hydroxylation is 1. The van der Waals surface area contributed by atoms with Gasteiger partial charge in [-0.05, 0) is 68.4 Å². The molecule has 1 aromatic heterocycles. The molecule has 0 spiro atoms. The molecule has 0 unspecified atom stereocenters. The van der Waals surface area contributed by atoms with E-state index in [-0.39, 0.29) is 11.6 Å². The van der Waals surface area contributed by atoms with Crippen LogP contribution in [0.3, 0.4) is 0 Å². The molecule has 3 rings (SSSR count). The summed E-state index contributed by atoms with van der Waals surface area (Å²) in [7, 11) is 0. The summed E-state index contributed by atoms with van der Waals surface area (Å²) < 4.78 is 5.42. The van der Waals surface area contributed by atoms with E-state index in [1.807, 2.05) is 38.1 Å². The highest BCUT2D eigenvalue weighted by Crippen LogP contribution is 2.19. The topological polar surface area (TPSA) is 76.1 Å². The van der Waals surface area contributed by atoms with Crippen molar-refractivity contribution < 1.29 is 9.53 Å². The van der Waals surface area contributed by atoms with E-state index in [0.717, 1.165) is 11.4 Å². The minimum Gasteiger partial charge on any atom is -0.494 e. The van der Waals surface area contributed by atoms with E-state index in [1.165, 1.54) is 0 Å². The molecule has 0 aliphatic carbocycles. The van der Waals surface area contributed by atoms with Crippen LogP contribution in [0.4, 0.5) is 17.3 Å². The van der Waals surface area contributed by atoms with E-state index in [9.17, 15) is 4.79 Å². The summed E-state index contributed by atoms with van der Waals surface area (Å²) in [6.07, 6.45) is 0. The number of nitrogens with zero attached hydrogens (tertiary/aromatic N) is 2. The number of hydrogen-bond donors (Lipinski definition) is 2. The maximum atomic E-state index is 12.5. The van der Waals surface area contributed by atoms with Crippen LogP contribution >= 0.6 is 11.6 Å². The van der Waals surface area contributed by atoms with Gasteiger partial charge in [0.1, 0.15) is 11.4 Å². The zero-order chi connectivity index (χ0) is 19.2. The first-order valence-corrected chi connectivity index (χ1v) is 8.84. The van der Waals surface area contributed by atoms with Crippen molar-refractivity contribution in [2.45, 2.75) is 13.8 Å². The lowest BCUT2D eigenvalue weighted by atomic mass is 10.3. The van der Waals surface area contributed by atoms with Crippen LogP contribution in [-0.4, -0.2) is 22.5 Å². The standard InChI is InChI=1S/C20H19ClN4O2/c1-3-27-17-10-8-16(9-11-17)24-20-22-13(2)12-18(25-20)19(26)23-15-6-4-14(21)5-7-15/h4-12H,3H2,1-2H3,(H,23,26)(H,22,24,25). The normalized spacial score (nSPS) is 10.3. The Labute approximate surface area is 162 Å². The first-order valence-electron chi connectivity index (χ1n) is 8.46. The van der Waals surface area contributed by atoms with Gasteiger partial charge in [-0.25, -0.2) is 9.97 Å². The number of halogens is 1. The Balaban J connectivity index is 1.75. The lowest BCUT2D eigenvalue weighted by Crippen LogP contribution is -2.15. The molecule has 138 valence electrons. The average Bonchev–Trinajstić information content (AvgIpc) is 2.65.